The molecule has 0 unspecified atom stereocenters. The second-order valence-corrected chi connectivity index (χ2v) is 4.34. The Morgan fingerprint density at radius 1 is 1.42 bits per heavy atom. The molecule has 1 saturated heterocycles. The molecule has 1 fully saturated rings. The third-order valence-corrected chi connectivity index (χ3v) is 3.15. The smallest absolute Gasteiger partial charge is 0.264 e. The standard InChI is InChI=1S/C13H13FN2O3/c1-17-10-4-2-3-9(14)11(10)13-15-12(16-19-13)8-5-6-18-7-8/h2-4,8H,5-7H2,1H3/t8-/m1/s1. The van der Waals surface area contributed by atoms with Crippen molar-refractivity contribution in [2.45, 2.75) is 12.3 Å². The Kier molecular flexibility index (Phi) is 3.16. The summed E-state index contributed by atoms with van der Waals surface area (Å²) in [6.45, 7) is 1.27. The van der Waals surface area contributed by atoms with Crippen molar-refractivity contribution in [3.63, 3.8) is 0 Å². The van der Waals surface area contributed by atoms with E-state index in [4.69, 9.17) is 14.0 Å². The summed E-state index contributed by atoms with van der Waals surface area (Å²) in [5, 5.41) is 3.90. The molecule has 0 saturated carbocycles. The van der Waals surface area contributed by atoms with Crippen molar-refractivity contribution in [2.24, 2.45) is 0 Å². The predicted molar refractivity (Wildman–Crippen MR) is 64.4 cm³/mol. The minimum absolute atomic E-state index is 0.121. The van der Waals surface area contributed by atoms with Crippen molar-refractivity contribution in [3.05, 3.63) is 29.8 Å². The number of rotatable bonds is 3. The molecule has 1 aromatic carbocycles. The van der Waals surface area contributed by atoms with E-state index >= 15 is 0 Å². The first-order valence-corrected chi connectivity index (χ1v) is 6.04. The number of benzene rings is 1. The first kappa shape index (κ1) is 12.1. The van der Waals surface area contributed by atoms with Gasteiger partial charge in [0.1, 0.15) is 17.1 Å². The molecular formula is C13H13FN2O3. The number of aromatic nitrogens is 2. The first-order valence-electron chi connectivity index (χ1n) is 6.04. The van der Waals surface area contributed by atoms with Crippen LogP contribution in [0.2, 0.25) is 0 Å². The Labute approximate surface area is 109 Å². The molecule has 0 amide bonds. The highest BCUT2D eigenvalue weighted by atomic mass is 19.1. The van der Waals surface area contributed by atoms with Crippen molar-refractivity contribution >= 4 is 0 Å². The Balaban J connectivity index is 1.98. The molecule has 6 heteroatoms. The number of hydrogen-bond acceptors (Lipinski definition) is 5. The van der Waals surface area contributed by atoms with E-state index in [0.29, 0.717) is 24.8 Å². The Morgan fingerprint density at radius 2 is 2.32 bits per heavy atom. The third-order valence-electron chi connectivity index (χ3n) is 3.15. The van der Waals surface area contributed by atoms with E-state index < -0.39 is 5.82 Å². The maximum absolute atomic E-state index is 13.9. The van der Waals surface area contributed by atoms with Gasteiger partial charge in [-0.15, -0.1) is 0 Å². The van der Waals surface area contributed by atoms with Gasteiger partial charge < -0.3 is 14.0 Å². The number of halogens is 1. The lowest BCUT2D eigenvalue weighted by atomic mass is 10.1. The van der Waals surface area contributed by atoms with Crippen LogP contribution < -0.4 is 4.74 Å². The Bertz CT molecular complexity index is 579. The van der Waals surface area contributed by atoms with E-state index in [0.717, 1.165) is 6.42 Å². The van der Waals surface area contributed by atoms with Crippen molar-refractivity contribution in [2.75, 3.05) is 20.3 Å². The van der Waals surface area contributed by atoms with Gasteiger partial charge in [-0.1, -0.05) is 11.2 Å². The van der Waals surface area contributed by atoms with Crippen LogP contribution in [0, 0.1) is 5.82 Å². The molecule has 19 heavy (non-hydrogen) atoms. The van der Waals surface area contributed by atoms with Gasteiger partial charge in [0.2, 0.25) is 0 Å². The highest BCUT2D eigenvalue weighted by molar-refractivity contribution is 5.63. The van der Waals surface area contributed by atoms with Gasteiger partial charge in [-0.3, -0.25) is 0 Å². The zero-order valence-corrected chi connectivity index (χ0v) is 10.4. The van der Waals surface area contributed by atoms with Gasteiger partial charge in [-0.05, 0) is 18.6 Å². The summed E-state index contributed by atoms with van der Waals surface area (Å²) in [5.74, 6) is 0.736. The lowest BCUT2D eigenvalue weighted by Crippen LogP contribution is -2.00. The highest BCUT2D eigenvalue weighted by Gasteiger charge is 2.25. The van der Waals surface area contributed by atoms with Gasteiger partial charge in [0.25, 0.3) is 5.89 Å². The van der Waals surface area contributed by atoms with Gasteiger partial charge in [0.05, 0.1) is 13.7 Å². The summed E-state index contributed by atoms with van der Waals surface area (Å²) in [4.78, 5) is 4.25. The predicted octanol–water partition coefficient (Wildman–Crippen LogP) is 2.39. The molecule has 3 rings (SSSR count). The molecule has 0 spiro atoms. The fourth-order valence-corrected chi connectivity index (χ4v) is 2.12. The summed E-state index contributed by atoms with van der Waals surface area (Å²) in [7, 11) is 1.47. The molecule has 1 aliphatic heterocycles. The average Bonchev–Trinajstić information content (AvgIpc) is 3.08. The van der Waals surface area contributed by atoms with E-state index in [9.17, 15) is 4.39 Å². The second-order valence-electron chi connectivity index (χ2n) is 4.34. The van der Waals surface area contributed by atoms with Crippen LogP contribution in [0.1, 0.15) is 18.2 Å². The van der Waals surface area contributed by atoms with Gasteiger partial charge >= 0.3 is 0 Å². The number of hydrogen-bond donors (Lipinski definition) is 0. The normalized spacial score (nSPS) is 18.7. The first-order chi connectivity index (χ1) is 9.29. The van der Waals surface area contributed by atoms with Crippen LogP contribution in [0.4, 0.5) is 4.39 Å². The monoisotopic (exact) mass is 264 g/mol. The third kappa shape index (κ3) is 2.19. The van der Waals surface area contributed by atoms with E-state index in [1.165, 1.54) is 13.2 Å². The van der Waals surface area contributed by atoms with E-state index in [2.05, 4.69) is 10.1 Å². The summed E-state index contributed by atoms with van der Waals surface area (Å²) in [6, 6.07) is 4.56. The fourth-order valence-electron chi connectivity index (χ4n) is 2.12. The van der Waals surface area contributed by atoms with Crippen molar-refractivity contribution < 1.29 is 18.4 Å². The minimum atomic E-state index is -0.447. The van der Waals surface area contributed by atoms with Gasteiger partial charge in [0.15, 0.2) is 5.82 Å². The molecule has 0 bridgehead atoms. The number of ether oxygens (including phenoxy) is 2. The highest BCUT2D eigenvalue weighted by Crippen LogP contribution is 2.32. The van der Waals surface area contributed by atoms with Gasteiger partial charge in [-0.2, -0.15) is 4.98 Å². The Morgan fingerprint density at radius 3 is 3.05 bits per heavy atom. The maximum Gasteiger partial charge on any atom is 0.264 e. The molecule has 0 radical (unpaired) electrons. The molecule has 0 aliphatic carbocycles. The molecule has 2 aromatic rings. The van der Waals surface area contributed by atoms with Crippen molar-refractivity contribution in [1.82, 2.24) is 10.1 Å². The molecule has 0 N–H and O–H groups in total. The molecule has 5 nitrogen and oxygen atoms in total. The van der Waals surface area contributed by atoms with Crippen molar-refractivity contribution in [1.29, 1.82) is 0 Å². The van der Waals surface area contributed by atoms with Crippen LogP contribution in [-0.4, -0.2) is 30.5 Å². The van der Waals surface area contributed by atoms with Crippen molar-refractivity contribution in [3.8, 4) is 17.2 Å². The van der Waals surface area contributed by atoms with Crippen LogP contribution in [0.25, 0.3) is 11.5 Å². The fraction of sp³-hybridized carbons (Fsp3) is 0.385. The Hall–Kier alpha value is -1.95. The quantitative estimate of drug-likeness (QED) is 0.852. The summed E-state index contributed by atoms with van der Waals surface area (Å²) in [5.41, 5.74) is 0.197. The van der Waals surface area contributed by atoms with E-state index in [-0.39, 0.29) is 17.4 Å². The topological polar surface area (TPSA) is 57.4 Å². The molecule has 1 atom stereocenters. The van der Waals surface area contributed by atoms with E-state index in [1.54, 1.807) is 12.1 Å². The number of methoxy groups -OCH3 is 1. The van der Waals surface area contributed by atoms with Crippen LogP contribution in [0.5, 0.6) is 5.75 Å². The van der Waals surface area contributed by atoms with Gasteiger partial charge in [0, 0.05) is 12.5 Å². The summed E-state index contributed by atoms with van der Waals surface area (Å²) in [6.07, 6.45) is 0.855. The van der Waals surface area contributed by atoms with Crippen LogP contribution in [0.3, 0.4) is 0 Å². The lowest BCUT2D eigenvalue weighted by Gasteiger charge is -2.04. The summed E-state index contributed by atoms with van der Waals surface area (Å²) >= 11 is 0. The zero-order valence-electron chi connectivity index (χ0n) is 10.4. The molecular weight excluding hydrogens is 251 g/mol. The lowest BCUT2D eigenvalue weighted by molar-refractivity contribution is 0.192. The molecule has 2 heterocycles. The van der Waals surface area contributed by atoms with Crippen LogP contribution in [-0.2, 0) is 4.74 Å². The molecule has 1 aromatic heterocycles. The largest absolute Gasteiger partial charge is 0.496 e. The minimum Gasteiger partial charge on any atom is -0.496 e. The zero-order chi connectivity index (χ0) is 13.2. The SMILES string of the molecule is COc1cccc(F)c1-c1nc([C@@H]2CCOC2)no1. The van der Waals surface area contributed by atoms with Crippen LogP contribution >= 0.6 is 0 Å². The van der Waals surface area contributed by atoms with Gasteiger partial charge in [-0.25, -0.2) is 4.39 Å². The van der Waals surface area contributed by atoms with E-state index in [1.807, 2.05) is 0 Å². The average molecular weight is 264 g/mol. The molecule has 1 aliphatic rings. The van der Waals surface area contributed by atoms with Crippen LogP contribution in [0.15, 0.2) is 22.7 Å². The summed E-state index contributed by atoms with van der Waals surface area (Å²) < 4.78 is 29.4. The maximum atomic E-state index is 13.9. The number of nitrogens with zero attached hydrogens (tertiary/aromatic N) is 2. The molecule has 100 valence electrons. The second kappa shape index (κ2) is 4.97.